The summed E-state index contributed by atoms with van der Waals surface area (Å²) in [6.45, 7) is 6.90. The summed E-state index contributed by atoms with van der Waals surface area (Å²) in [4.78, 5) is 43.6. The number of nitrogens with two attached hydrogens (primary N) is 1. The smallest absolute Gasteiger partial charge is 0.322 e. The zero-order valence-electron chi connectivity index (χ0n) is 19.4. The van der Waals surface area contributed by atoms with Gasteiger partial charge in [-0.25, -0.2) is 9.78 Å². The van der Waals surface area contributed by atoms with E-state index in [1.165, 1.54) is 55.6 Å². The summed E-state index contributed by atoms with van der Waals surface area (Å²) < 4.78 is 5.59. The number of carbonyl (C=O) groups is 3. The quantitative estimate of drug-likeness (QED) is 0.372. The first-order valence-corrected chi connectivity index (χ1v) is 11.1. The molecule has 1 aromatic heterocycles. The summed E-state index contributed by atoms with van der Waals surface area (Å²) >= 11 is 1.18. The third-order valence-corrected chi connectivity index (χ3v) is 5.32. The number of thiazole rings is 1. The molecule has 0 saturated carbocycles. The number of aromatic hydroxyl groups is 1. The van der Waals surface area contributed by atoms with E-state index in [1.54, 1.807) is 11.4 Å². The van der Waals surface area contributed by atoms with Crippen molar-refractivity contribution in [1.29, 1.82) is 0 Å². The fourth-order valence-electron chi connectivity index (χ4n) is 2.97. The number of nitrogens with zero attached hydrogens (tertiary/aromatic N) is 3. The Morgan fingerprint density at radius 3 is 2.65 bits per heavy atom. The molecule has 0 aliphatic rings. The van der Waals surface area contributed by atoms with Crippen LogP contribution in [0.4, 0.5) is 9.93 Å². The molecule has 3 amide bonds. The van der Waals surface area contributed by atoms with Crippen LogP contribution in [0.15, 0.2) is 47.9 Å². The van der Waals surface area contributed by atoms with E-state index < -0.39 is 17.7 Å². The molecular weight excluding hydrogens is 460 g/mol. The molecule has 1 aromatic carbocycles. The van der Waals surface area contributed by atoms with E-state index in [1.807, 2.05) is 6.92 Å². The third kappa shape index (κ3) is 6.25. The van der Waals surface area contributed by atoms with Crippen molar-refractivity contribution >= 4 is 34.2 Å². The number of phenolic OH excluding ortho intramolecular Hbond substituents is 1. The number of allylic oxidation sites excluding steroid dienone is 1. The van der Waals surface area contributed by atoms with Crippen molar-refractivity contribution in [2.75, 3.05) is 32.6 Å². The number of urea groups is 1. The number of hydrogen-bond acceptors (Lipinski definition) is 9. The van der Waals surface area contributed by atoms with Crippen molar-refractivity contribution in [3.8, 4) is 22.8 Å². The number of carbonyl (C=O) groups excluding carboxylic acids is 3. The van der Waals surface area contributed by atoms with Gasteiger partial charge in [0.25, 0.3) is 0 Å². The van der Waals surface area contributed by atoms with E-state index in [0.29, 0.717) is 28.7 Å². The number of benzene rings is 1. The summed E-state index contributed by atoms with van der Waals surface area (Å²) in [5, 5.41) is 16.9. The zero-order valence-corrected chi connectivity index (χ0v) is 20.2. The van der Waals surface area contributed by atoms with Crippen molar-refractivity contribution in [2.24, 2.45) is 5.73 Å². The Morgan fingerprint density at radius 1 is 1.35 bits per heavy atom. The molecule has 0 spiro atoms. The minimum atomic E-state index is -0.529. The van der Waals surface area contributed by atoms with E-state index in [4.69, 9.17) is 10.5 Å². The number of ketones is 1. The monoisotopic (exact) mass is 488 g/mol. The lowest BCUT2D eigenvalue weighted by atomic mass is 10.1. The average Bonchev–Trinajstić information content (AvgIpc) is 3.26. The van der Waals surface area contributed by atoms with Gasteiger partial charge < -0.3 is 31.1 Å². The molecule has 0 aliphatic heterocycles. The molecule has 34 heavy (non-hydrogen) atoms. The number of amides is 3. The summed E-state index contributed by atoms with van der Waals surface area (Å²) in [5.41, 5.74) is 7.06. The Balaban J connectivity index is 2.23. The number of hydrogen-bond donors (Lipinski definition) is 4. The molecule has 5 N–H and O–H groups in total. The fourth-order valence-corrected chi connectivity index (χ4v) is 3.70. The lowest BCUT2D eigenvalue weighted by Crippen LogP contribution is -2.41. The van der Waals surface area contributed by atoms with Crippen LogP contribution in [0.2, 0.25) is 0 Å². The van der Waals surface area contributed by atoms with Crippen LogP contribution in [-0.2, 0) is 9.59 Å². The van der Waals surface area contributed by atoms with Gasteiger partial charge in [0, 0.05) is 32.0 Å². The van der Waals surface area contributed by atoms with Crippen LogP contribution in [0.3, 0.4) is 0 Å². The first kappa shape index (κ1) is 26.2. The highest BCUT2D eigenvalue weighted by Gasteiger charge is 2.23. The van der Waals surface area contributed by atoms with Crippen LogP contribution in [0.1, 0.15) is 13.8 Å². The molecule has 182 valence electrons. The maximum atomic E-state index is 12.7. The predicted octanol–water partition coefficient (Wildman–Crippen LogP) is 2.29. The van der Waals surface area contributed by atoms with Crippen molar-refractivity contribution in [3.05, 3.63) is 47.9 Å². The van der Waals surface area contributed by atoms with E-state index in [9.17, 15) is 19.5 Å². The molecule has 11 nitrogen and oxygen atoms in total. The highest BCUT2D eigenvalue weighted by molar-refractivity contribution is 7.14. The summed E-state index contributed by atoms with van der Waals surface area (Å²) in [6.07, 6.45) is 1.27. The Bertz CT molecular complexity index is 1110. The van der Waals surface area contributed by atoms with Gasteiger partial charge >= 0.3 is 6.03 Å². The molecule has 2 aromatic rings. The van der Waals surface area contributed by atoms with Crippen molar-refractivity contribution in [3.63, 3.8) is 0 Å². The molecule has 2 rings (SSSR count). The summed E-state index contributed by atoms with van der Waals surface area (Å²) in [7, 11) is 2.82. The van der Waals surface area contributed by atoms with Gasteiger partial charge in [0.15, 0.2) is 10.9 Å². The van der Waals surface area contributed by atoms with Crippen molar-refractivity contribution < 1.29 is 24.2 Å². The zero-order chi connectivity index (χ0) is 25.4. The maximum absolute atomic E-state index is 12.7. The topological polar surface area (TPSA) is 150 Å². The van der Waals surface area contributed by atoms with Gasteiger partial charge in [-0.3, -0.25) is 14.5 Å². The molecule has 0 fully saturated rings. The van der Waals surface area contributed by atoms with Gasteiger partial charge in [-0.2, -0.15) is 0 Å². The lowest BCUT2D eigenvalue weighted by Gasteiger charge is -2.26. The molecule has 0 radical (unpaired) electrons. The van der Waals surface area contributed by atoms with E-state index >= 15 is 0 Å². The van der Waals surface area contributed by atoms with Gasteiger partial charge in [-0.05, 0) is 31.3 Å². The van der Waals surface area contributed by atoms with Gasteiger partial charge in [0.05, 0.1) is 12.3 Å². The largest absolute Gasteiger partial charge is 0.508 e. The summed E-state index contributed by atoms with van der Waals surface area (Å²) in [6, 6.07) is 4.16. The summed E-state index contributed by atoms with van der Waals surface area (Å²) in [5.74, 6) is -0.473. The number of nitrogens with one attached hydrogen (secondary N) is 2. The lowest BCUT2D eigenvalue weighted by molar-refractivity contribution is -0.117. The molecule has 0 bridgehead atoms. The van der Waals surface area contributed by atoms with E-state index in [0.717, 1.165) is 4.90 Å². The van der Waals surface area contributed by atoms with Crippen LogP contribution in [0.25, 0.3) is 11.3 Å². The van der Waals surface area contributed by atoms with Crippen LogP contribution in [-0.4, -0.2) is 64.9 Å². The number of phenols is 1. The third-order valence-electron chi connectivity index (χ3n) is 4.57. The molecule has 0 aliphatic carbocycles. The number of ether oxygens (including phenoxy) is 1. The standard InChI is InChI=1S/C22H28N6O5S/c1-6-28(19(13(3)29)20(23)27(5)22(32)24-4)11-18(31)26-21-25-16(12-34-21)15-10-14(30)8-9-17(15)33-7-2/h6,8-10,12,30H,1,7,11,23H2,2-5H3,(H,24,32)(H,25,26,31)/b20-19+. The van der Waals surface area contributed by atoms with Gasteiger partial charge in [0.1, 0.15) is 29.6 Å². The second-order valence-electron chi connectivity index (χ2n) is 6.91. The Labute approximate surface area is 201 Å². The first-order valence-electron chi connectivity index (χ1n) is 10.2. The Morgan fingerprint density at radius 2 is 2.06 bits per heavy atom. The van der Waals surface area contributed by atoms with Crippen molar-refractivity contribution in [2.45, 2.75) is 13.8 Å². The van der Waals surface area contributed by atoms with Crippen LogP contribution >= 0.6 is 11.3 Å². The van der Waals surface area contributed by atoms with E-state index in [-0.39, 0.29) is 23.8 Å². The van der Waals surface area contributed by atoms with Crippen LogP contribution in [0.5, 0.6) is 11.5 Å². The van der Waals surface area contributed by atoms with Gasteiger partial charge in [0.2, 0.25) is 5.91 Å². The molecule has 1 heterocycles. The molecule has 0 saturated heterocycles. The second-order valence-corrected chi connectivity index (χ2v) is 7.77. The van der Waals surface area contributed by atoms with E-state index in [2.05, 4.69) is 22.2 Å². The molecular formula is C22H28N6O5S. The molecule has 0 atom stereocenters. The molecule has 0 unspecified atom stereocenters. The average molecular weight is 489 g/mol. The predicted molar refractivity (Wildman–Crippen MR) is 130 cm³/mol. The minimum absolute atomic E-state index is 0.0570. The van der Waals surface area contributed by atoms with Crippen molar-refractivity contribution in [1.82, 2.24) is 20.1 Å². The van der Waals surface area contributed by atoms with Crippen LogP contribution in [0, 0.1) is 0 Å². The Kier molecular flexibility index (Phi) is 9.01. The number of aromatic nitrogens is 1. The normalized spacial score (nSPS) is 11.2. The highest BCUT2D eigenvalue weighted by atomic mass is 32.1. The van der Waals surface area contributed by atoms with Crippen LogP contribution < -0.4 is 21.1 Å². The van der Waals surface area contributed by atoms with Gasteiger partial charge in [-0.1, -0.05) is 6.58 Å². The first-order chi connectivity index (χ1) is 16.1. The fraction of sp³-hybridized carbons (Fsp3) is 0.273. The number of rotatable bonds is 10. The maximum Gasteiger partial charge on any atom is 0.322 e. The number of anilines is 1. The highest BCUT2D eigenvalue weighted by Crippen LogP contribution is 2.35. The molecule has 12 heteroatoms. The van der Waals surface area contributed by atoms with Gasteiger partial charge in [-0.15, -0.1) is 11.3 Å². The second kappa shape index (κ2) is 11.7. The SMILES string of the molecule is C=CN(CC(=O)Nc1nc(-c2cc(O)ccc2OCC)cs1)/C(C(C)=O)=C(\N)N(C)C(=O)NC. The number of Topliss-reactive ketones (excluding diaryl/α,β-unsaturated/α-hetero) is 1. The Hall–Kier alpha value is -4.06. The minimum Gasteiger partial charge on any atom is -0.508 e.